The first-order valence-corrected chi connectivity index (χ1v) is 9.30. The summed E-state index contributed by atoms with van der Waals surface area (Å²) in [5.41, 5.74) is 4.17. The Morgan fingerprint density at radius 2 is 2.03 bits per heavy atom. The Labute approximate surface area is 170 Å². The molecule has 5 rings (SSSR count). The fraction of sp³-hybridized carbons (Fsp3) is 0.0952. The van der Waals surface area contributed by atoms with Crippen LogP contribution in [0.3, 0.4) is 0 Å². The van der Waals surface area contributed by atoms with Gasteiger partial charge >= 0.3 is 0 Å². The van der Waals surface area contributed by atoms with Gasteiger partial charge in [-0.15, -0.1) is 0 Å². The molecule has 0 radical (unpaired) electrons. The first-order valence-electron chi connectivity index (χ1n) is 8.92. The van der Waals surface area contributed by atoms with E-state index in [1.807, 2.05) is 43.4 Å². The van der Waals surface area contributed by atoms with E-state index in [4.69, 9.17) is 20.9 Å². The molecule has 3 heterocycles. The molecule has 0 saturated carbocycles. The number of halogens is 1. The van der Waals surface area contributed by atoms with Crippen LogP contribution in [0.2, 0.25) is 5.02 Å². The van der Waals surface area contributed by atoms with E-state index in [1.165, 1.54) is 0 Å². The number of ether oxygens (including phenoxy) is 1. The molecule has 1 amide bonds. The number of aryl methyl sites for hydroxylation is 1. The van der Waals surface area contributed by atoms with Gasteiger partial charge in [0.05, 0.1) is 5.69 Å². The van der Waals surface area contributed by atoms with Crippen molar-refractivity contribution in [2.24, 2.45) is 7.05 Å². The summed E-state index contributed by atoms with van der Waals surface area (Å²) in [4.78, 5) is 12.9. The number of benzene rings is 2. The maximum Gasteiger partial charge on any atom is 0.278 e. The number of carbonyl (C=O) groups excluding carboxylic acids is 1. The number of nitrogens with one attached hydrogen (secondary N) is 1. The lowest BCUT2D eigenvalue weighted by Gasteiger charge is -2.18. The summed E-state index contributed by atoms with van der Waals surface area (Å²) in [6.45, 7) is 0.271. The molecule has 2 aromatic heterocycles. The summed E-state index contributed by atoms with van der Waals surface area (Å²) >= 11 is 6.02. The van der Waals surface area contributed by atoms with Gasteiger partial charge in [0, 0.05) is 34.8 Å². The summed E-state index contributed by atoms with van der Waals surface area (Å²) in [6.07, 6.45) is 0. The fourth-order valence-electron chi connectivity index (χ4n) is 3.45. The van der Waals surface area contributed by atoms with Gasteiger partial charge in [-0.1, -0.05) is 41.0 Å². The SMILES string of the molecule is Cn1nc(C(=O)Nc2cc(-c3cccc(Cl)c3)no2)c2c1-c1ccccc1OC2. The van der Waals surface area contributed by atoms with Gasteiger partial charge in [-0.3, -0.25) is 14.8 Å². The number of rotatable bonds is 3. The van der Waals surface area contributed by atoms with Crippen LogP contribution in [0.25, 0.3) is 22.5 Å². The van der Waals surface area contributed by atoms with E-state index in [2.05, 4.69) is 15.6 Å². The van der Waals surface area contributed by atoms with Crippen molar-refractivity contribution >= 4 is 23.4 Å². The van der Waals surface area contributed by atoms with Gasteiger partial charge < -0.3 is 9.26 Å². The summed E-state index contributed by atoms with van der Waals surface area (Å²) in [5, 5.41) is 11.7. The van der Waals surface area contributed by atoms with Crippen LogP contribution in [0.4, 0.5) is 5.88 Å². The Morgan fingerprint density at radius 3 is 2.90 bits per heavy atom. The van der Waals surface area contributed by atoms with Gasteiger partial charge in [0.15, 0.2) is 5.69 Å². The molecule has 0 bridgehead atoms. The van der Waals surface area contributed by atoms with Crippen molar-refractivity contribution in [3.8, 4) is 28.3 Å². The van der Waals surface area contributed by atoms with Crippen molar-refractivity contribution in [1.82, 2.24) is 14.9 Å². The number of anilines is 1. The lowest BCUT2D eigenvalue weighted by atomic mass is 10.0. The number of carbonyl (C=O) groups is 1. The largest absolute Gasteiger partial charge is 0.488 e. The predicted octanol–water partition coefficient (Wildman–Crippen LogP) is 4.54. The van der Waals surface area contributed by atoms with Crippen LogP contribution >= 0.6 is 11.6 Å². The first-order chi connectivity index (χ1) is 14.1. The highest BCUT2D eigenvalue weighted by molar-refractivity contribution is 6.30. The summed E-state index contributed by atoms with van der Waals surface area (Å²) in [6, 6.07) is 16.6. The average Bonchev–Trinajstić information content (AvgIpc) is 3.33. The highest BCUT2D eigenvalue weighted by atomic mass is 35.5. The molecular formula is C21H15ClN4O3. The normalized spacial score (nSPS) is 12.1. The van der Waals surface area contributed by atoms with E-state index in [1.54, 1.807) is 22.9 Å². The molecule has 4 aromatic rings. The monoisotopic (exact) mass is 406 g/mol. The minimum Gasteiger partial charge on any atom is -0.488 e. The molecule has 144 valence electrons. The van der Waals surface area contributed by atoms with Crippen molar-refractivity contribution < 1.29 is 14.1 Å². The van der Waals surface area contributed by atoms with Crippen LogP contribution < -0.4 is 10.1 Å². The molecule has 1 aliphatic heterocycles. The minimum atomic E-state index is -0.390. The van der Waals surface area contributed by atoms with Crippen LogP contribution in [0.1, 0.15) is 16.1 Å². The van der Waals surface area contributed by atoms with Crippen molar-refractivity contribution in [3.63, 3.8) is 0 Å². The van der Waals surface area contributed by atoms with Crippen LogP contribution in [0, 0.1) is 0 Å². The molecule has 2 aromatic carbocycles. The maximum absolute atomic E-state index is 12.9. The summed E-state index contributed by atoms with van der Waals surface area (Å²) in [7, 11) is 1.81. The smallest absolute Gasteiger partial charge is 0.278 e. The molecule has 7 nitrogen and oxygen atoms in total. The Morgan fingerprint density at radius 1 is 1.17 bits per heavy atom. The first kappa shape index (κ1) is 17.5. The number of amides is 1. The molecule has 29 heavy (non-hydrogen) atoms. The third-order valence-electron chi connectivity index (χ3n) is 4.74. The van der Waals surface area contributed by atoms with E-state index in [-0.39, 0.29) is 18.2 Å². The second-order valence-electron chi connectivity index (χ2n) is 6.63. The van der Waals surface area contributed by atoms with E-state index < -0.39 is 5.91 Å². The van der Waals surface area contributed by atoms with Crippen LogP contribution in [0.15, 0.2) is 59.1 Å². The Bertz CT molecular complexity index is 1240. The molecule has 0 atom stereocenters. The molecule has 0 fully saturated rings. The number of aromatic nitrogens is 3. The summed E-state index contributed by atoms with van der Waals surface area (Å²) < 4.78 is 12.8. The van der Waals surface area contributed by atoms with Crippen molar-refractivity contribution in [1.29, 1.82) is 0 Å². The van der Waals surface area contributed by atoms with Gasteiger partial charge in [0.1, 0.15) is 18.1 Å². The van der Waals surface area contributed by atoms with Gasteiger partial charge in [-0.2, -0.15) is 5.10 Å². The van der Waals surface area contributed by atoms with Gasteiger partial charge in [0.2, 0.25) is 5.88 Å². The minimum absolute atomic E-state index is 0.224. The number of nitrogens with zero attached hydrogens (tertiary/aromatic N) is 3. The Balaban J connectivity index is 1.43. The van der Waals surface area contributed by atoms with Crippen molar-refractivity contribution in [2.75, 3.05) is 5.32 Å². The van der Waals surface area contributed by atoms with Crippen LogP contribution in [-0.4, -0.2) is 20.8 Å². The lowest BCUT2D eigenvalue weighted by molar-refractivity contribution is 0.101. The van der Waals surface area contributed by atoms with E-state index in [0.717, 1.165) is 28.1 Å². The molecule has 0 spiro atoms. The molecule has 1 aliphatic rings. The zero-order valence-corrected chi connectivity index (χ0v) is 16.1. The van der Waals surface area contributed by atoms with Crippen LogP contribution in [-0.2, 0) is 13.7 Å². The Kier molecular flexibility index (Phi) is 4.10. The second kappa shape index (κ2) is 6.79. The molecule has 0 unspecified atom stereocenters. The van der Waals surface area contributed by atoms with E-state index in [9.17, 15) is 4.79 Å². The van der Waals surface area contributed by atoms with Gasteiger partial charge in [-0.25, -0.2) is 0 Å². The molecule has 1 N–H and O–H groups in total. The van der Waals surface area contributed by atoms with Gasteiger partial charge in [0.25, 0.3) is 5.91 Å². The molecule has 0 saturated heterocycles. The van der Waals surface area contributed by atoms with E-state index in [0.29, 0.717) is 10.7 Å². The highest BCUT2D eigenvalue weighted by Crippen LogP contribution is 2.38. The van der Waals surface area contributed by atoms with Crippen molar-refractivity contribution in [2.45, 2.75) is 6.61 Å². The topological polar surface area (TPSA) is 82.2 Å². The molecule has 8 heteroatoms. The maximum atomic E-state index is 12.9. The predicted molar refractivity (Wildman–Crippen MR) is 108 cm³/mol. The zero-order chi connectivity index (χ0) is 20.0. The third kappa shape index (κ3) is 3.05. The van der Waals surface area contributed by atoms with Gasteiger partial charge in [-0.05, 0) is 24.3 Å². The van der Waals surface area contributed by atoms with Crippen molar-refractivity contribution in [3.05, 3.63) is 70.9 Å². The quantitative estimate of drug-likeness (QED) is 0.540. The molecular weight excluding hydrogens is 392 g/mol. The number of para-hydroxylation sites is 1. The summed E-state index contributed by atoms with van der Waals surface area (Å²) in [5.74, 6) is 0.608. The van der Waals surface area contributed by atoms with Crippen LogP contribution in [0.5, 0.6) is 5.75 Å². The standard InChI is InChI=1S/C21H15ClN4O3/c1-26-20-14-7-2-3-8-17(14)28-11-15(20)19(24-26)21(27)23-18-10-16(25-29-18)12-5-4-6-13(22)9-12/h2-10H,11H2,1H3,(H,23,27). The number of hydrogen-bond donors (Lipinski definition) is 1. The number of fused-ring (bicyclic) bond motifs is 3. The Hall–Kier alpha value is -3.58. The highest BCUT2D eigenvalue weighted by Gasteiger charge is 2.28. The van der Waals surface area contributed by atoms with E-state index >= 15 is 0 Å². The molecule has 0 aliphatic carbocycles. The lowest BCUT2D eigenvalue weighted by Crippen LogP contribution is -2.16. The second-order valence-corrected chi connectivity index (χ2v) is 7.06. The average molecular weight is 407 g/mol. The zero-order valence-electron chi connectivity index (χ0n) is 15.3. The number of hydrogen-bond acceptors (Lipinski definition) is 5. The third-order valence-corrected chi connectivity index (χ3v) is 4.98. The fourth-order valence-corrected chi connectivity index (χ4v) is 3.64.